The molecule has 106 heavy (non-hydrogen) atoms. The van der Waals surface area contributed by atoms with Crippen LogP contribution >= 0.6 is 15.6 Å². The zero-order chi connectivity index (χ0) is 77.9. The largest absolute Gasteiger partial charge is 0.472 e. The van der Waals surface area contributed by atoms with E-state index < -0.39 is 97.5 Å². The summed E-state index contributed by atoms with van der Waals surface area (Å²) in [4.78, 5) is 73.3. The van der Waals surface area contributed by atoms with Crippen LogP contribution in [0.5, 0.6) is 0 Å². The molecule has 0 bridgehead atoms. The molecular formula is C87H170O17P2. The fourth-order valence-electron chi connectivity index (χ4n) is 13.5. The summed E-state index contributed by atoms with van der Waals surface area (Å²) in [7, 11) is -9.93. The molecule has 0 aliphatic rings. The van der Waals surface area contributed by atoms with Gasteiger partial charge in [-0.3, -0.25) is 37.3 Å². The Bertz CT molecular complexity index is 2050. The Hall–Kier alpha value is -1.94. The molecule has 19 heteroatoms. The summed E-state index contributed by atoms with van der Waals surface area (Å²) < 4.78 is 69.0. The molecule has 3 N–H and O–H groups in total. The summed E-state index contributed by atoms with van der Waals surface area (Å²) in [5, 5.41) is 10.7. The average Bonchev–Trinajstić information content (AvgIpc) is 0.902. The van der Waals surface area contributed by atoms with Crippen molar-refractivity contribution in [2.24, 2.45) is 17.8 Å². The first kappa shape index (κ1) is 104. The van der Waals surface area contributed by atoms with Crippen LogP contribution in [0.1, 0.15) is 459 Å². The summed E-state index contributed by atoms with van der Waals surface area (Å²) in [5.41, 5.74) is 0. The second-order valence-corrected chi connectivity index (χ2v) is 35.1. The third kappa shape index (κ3) is 77.4. The van der Waals surface area contributed by atoms with Crippen molar-refractivity contribution in [3.8, 4) is 0 Å². The highest BCUT2D eigenvalue weighted by Gasteiger charge is 2.31. The average molecular weight is 1550 g/mol. The number of carbonyl (C=O) groups is 4. The van der Waals surface area contributed by atoms with Gasteiger partial charge in [-0.25, -0.2) is 9.13 Å². The van der Waals surface area contributed by atoms with Gasteiger partial charge in [-0.05, 0) is 43.4 Å². The van der Waals surface area contributed by atoms with E-state index in [4.69, 9.17) is 37.0 Å². The van der Waals surface area contributed by atoms with E-state index in [9.17, 15) is 43.2 Å². The molecule has 0 amide bonds. The third-order valence-corrected chi connectivity index (χ3v) is 23.0. The zero-order valence-corrected chi connectivity index (χ0v) is 71.7. The number of unbranched alkanes of at least 4 members (excludes halogenated alkanes) is 51. The van der Waals surface area contributed by atoms with Crippen molar-refractivity contribution in [3.05, 3.63) is 0 Å². The summed E-state index contributed by atoms with van der Waals surface area (Å²) in [5.74, 6) is 0.337. The van der Waals surface area contributed by atoms with Crippen LogP contribution in [0.25, 0.3) is 0 Å². The minimum absolute atomic E-state index is 0.108. The van der Waals surface area contributed by atoms with Gasteiger partial charge in [-0.1, -0.05) is 408 Å². The van der Waals surface area contributed by atoms with Crippen LogP contribution in [-0.4, -0.2) is 96.7 Å². The first-order valence-electron chi connectivity index (χ1n) is 44.9. The fourth-order valence-corrected chi connectivity index (χ4v) is 15.1. The topological polar surface area (TPSA) is 237 Å². The van der Waals surface area contributed by atoms with Crippen molar-refractivity contribution in [3.63, 3.8) is 0 Å². The maximum absolute atomic E-state index is 13.2. The molecule has 0 rings (SSSR count). The highest BCUT2D eigenvalue weighted by atomic mass is 31.2. The number of rotatable bonds is 85. The van der Waals surface area contributed by atoms with Gasteiger partial charge in [-0.15, -0.1) is 0 Å². The molecule has 0 saturated carbocycles. The standard InChI is InChI=1S/C87H170O17P2/c1-8-11-12-13-14-15-16-17-18-19-20-21-29-34-41-49-56-63-70-86(91)104-83(75-98-85(90)69-62-55-48-43-36-37-44-51-58-65-78(4)5)77-102-106(95,96)100-73-81(88)72-99-105(93,94)101-76-82(103-87(92)71-64-57-50-42-35-30-25-23-27-32-39-46-53-60-67-80(7)10-3)74-97-84(89)68-61-54-47-40-33-28-24-22-26-31-38-45-52-59-66-79(6)9-2/h78-83,88H,8-77H2,1-7H3,(H,93,94)(H,95,96)/t79?,80?,81-,82-,83-/m1/s1. The lowest BCUT2D eigenvalue weighted by molar-refractivity contribution is -0.161. The van der Waals surface area contributed by atoms with E-state index in [0.29, 0.717) is 25.7 Å². The number of aliphatic hydroxyl groups is 1. The monoisotopic (exact) mass is 1550 g/mol. The Morgan fingerprint density at radius 3 is 0.717 bits per heavy atom. The van der Waals surface area contributed by atoms with Gasteiger partial charge < -0.3 is 33.8 Å². The maximum Gasteiger partial charge on any atom is 0.472 e. The van der Waals surface area contributed by atoms with E-state index >= 15 is 0 Å². The molecule has 0 aromatic carbocycles. The first-order chi connectivity index (χ1) is 51.3. The van der Waals surface area contributed by atoms with Crippen molar-refractivity contribution < 1.29 is 80.2 Å². The van der Waals surface area contributed by atoms with E-state index in [1.54, 1.807) is 0 Å². The molecule has 0 radical (unpaired) electrons. The van der Waals surface area contributed by atoms with Crippen LogP contribution in [0.4, 0.5) is 0 Å². The normalized spacial score (nSPS) is 14.4. The molecule has 0 fully saturated rings. The van der Waals surface area contributed by atoms with E-state index in [1.165, 1.54) is 270 Å². The highest BCUT2D eigenvalue weighted by molar-refractivity contribution is 7.47. The van der Waals surface area contributed by atoms with Crippen molar-refractivity contribution in [2.75, 3.05) is 39.6 Å². The van der Waals surface area contributed by atoms with Crippen molar-refractivity contribution >= 4 is 39.5 Å². The molecule has 17 nitrogen and oxygen atoms in total. The van der Waals surface area contributed by atoms with Crippen molar-refractivity contribution in [1.29, 1.82) is 0 Å². The molecule has 0 aliphatic carbocycles. The maximum atomic E-state index is 13.2. The molecule has 4 unspecified atom stereocenters. The molecule has 0 aromatic heterocycles. The van der Waals surface area contributed by atoms with E-state index in [2.05, 4.69) is 48.5 Å². The number of ether oxygens (including phenoxy) is 4. The molecular weight excluding hydrogens is 1380 g/mol. The summed E-state index contributed by atoms with van der Waals surface area (Å²) in [6.07, 6.45) is 67.8. The second kappa shape index (κ2) is 77.0. The van der Waals surface area contributed by atoms with Gasteiger partial charge in [0.1, 0.15) is 19.3 Å². The van der Waals surface area contributed by atoms with Crippen LogP contribution in [0.15, 0.2) is 0 Å². The summed E-state index contributed by atoms with van der Waals surface area (Å²) >= 11 is 0. The van der Waals surface area contributed by atoms with Gasteiger partial charge in [0.05, 0.1) is 26.4 Å². The molecule has 630 valence electrons. The van der Waals surface area contributed by atoms with Crippen molar-refractivity contribution in [1.82, 2.24) is 0 Å². The summed E-state index contributed by atoms with van der Waals surface area (Å²) in [6, 6.07) is 0. The minimum atomic E-state index is -4.97. The molecule has 0 spiro atoms. The van der Waals surface area contributed by atoms with Gasteiger partial charge >= 0.3 is 39.5 Å². The van der Waals surface area contributed by atoms with Gasteiger partial charge in [0.15, 0.2) is 12.2 Å². The van der Waals surface area contributed by atoms with Crippen LogP contribution < -0.4 is 0 Å². The Labute approximate surface area is 651 Å². The smallest absolute Gasteiger partial charge is 0.462 e. The number of hydrogen-bond donors (Lipinski definition) is 3. The van der Waals surface area contributed by atoms with E-state index in [-0.39, 0.29) is 25.7 Å². The van der Waals surface area contributed by atoms with E-state index in [1.807, 2.05) is 0 Å². The van der Waals surface area contributed by atoms with Gasteiger partial charge in [0, 0.05) is 25.7 Å². The van der Waals surface area contributed by atoms with Crippen molar-refractivity contribution in [2.45, 2.75) is 478 Å². The Morgan fingerprint density at radius 2 is 0.481 bits per heavy atom. The third-order valence-electron chi connectivity index (χ3n) is 21.1. The number of phosphoric acid groups is 2. The lowest BCUT2D eigenvalue weighted by Crippen LogP contribution is -2.30. The van der Waals surface area contributed by atoms with Crippen LogP contribution in [0.2, 0.25) is 0 Å². The number of aliphatic hydroxyl groups excluding tert-OH is 1. The number of esters is 4. The van der Waals surface area contributed by atoms with E-state index in [0.717, 1.165) is 108 Å². The second-order valence-electron chi connectivity index (χ2n) is 32.2. The SMILES string of the molecule is CCCCCCCCCCCCCCCCCCCCC(=O)O[C@H](COC(=O)CCCCCCCCCCCC(C)C)COP(=O)(O)OC[C@H](O)COP(=O)(O)OC[C@@H](COC(=O)CCCCCCCCCCCCCCCCC(C)CC)OC(=O)CCCCCCCCCCCCCCCCC(C)CC. The Kier molecular flexibility index (Phi) is 75.6. The van der Waals surface area contributed by atoms with Crippen LogP contribution in [0, 0.1) is 17.8 Å². The molecule has 0 aromatic rings. The Balaban J connectivity index is 5.27. The minimum Gasteiger partial charge on any atom is -0.462 e. The number of phosphoric ester groups is 2. The van der Waals surface area contributed by atoms with Gasteiger partial charge in [0.25, 0.3) is 0 Å². The first-order valence-corrected chi connectivity index (χ1v) is 47.9. The number of carbonyl (C=O) groups excluding carboxylic acids is 4. The van der Waals surface area contributed by atoms with Gasteiger partial charge in [0.2, 0.25) is 0 Å². The Morgan fingerprint density at radius 1 is 0.274 bits per heavy atom. The molecule has 0 saturated heterocycles. The quantitative estimate of drug-likeness (QED) is 0.0222. The lowest BCUT2D eigenvalue weighted by Gasteiger charge is -2.21. The predicted octanol–water partition coefficient (Wildman–Crippen LogP) is 26.5. The fraction of sp³-hybridized carbons (Fsp3) is 0.954. The van der Waals surface area contributed by atoms with Gasteiger partial charge in [-0.2, -0.15) is 0 Å². The van der Waals surface area contributed by atoms with Crippen LogP contribution in [-0.2, 0) is 65.4 Å². The molecule has 0 heterocycles. The summed E-state index contributed by atoms with van der Waals surface area (Å²) in [6.45, 7) is 12.1. The molecule has 7 atom stereocenters. The predicted molar refractivity (Wildman–Crippen MR) is 437 cm³/mol. The molecule has 0 aliphatic heterocycles. The van der Waals surface area contributed by atoms with Crippen LogP contribution in [0.3, 0.4) is 0 Å². The zero-order valence-electron chi connectivity index (χ0n) is 69.9. The lowest BCUT2D eigenvalue weighted by atomic mass is 9.99. The number of hydrogen-bond acceptors (Lipinski definition) is 15. The highest BCUT2D eigenvalue weighted by Crippen LogP contribution is 2.45.